The summed E-state index contributed by atoms with van der Waals surface area (Å²) in [6.07, 6.45) is 0.432. The highest BCUT2D eigenvalue weighted by Gasteiger charge is 2.08. The van der Waals surface area contributed by atoms with Gasteiger partial charge in [-0.15, -0.1) is 0 Å². The van der Waals surface area contributed by atoms with Crippen LogP contribution in [-0.4, -0.2) is 12.9 Å². The molecule has 0 radical (unpaired) electrons. The van der Waals surface area contributed by atoms with Crippen molar-refractivity contribution in [2.24, 2.45) is 0 Å². The van der Waals surface area contributed by atoms with Gasteiger partial charge in [0, 0.05) is 12.0 Å². The lowest BCUT2D eigenvalue weighted by Gasteiger charge is -2.06. The fourth-order valence-electron chi connectivity index (χ4n) is 2.52. The molecule has 22 heavy (non-hydrogen) atoms. The van der Waals surface area contributed by atoms with Gasteiger partial charge in [-0.2, -0.15) is 0 Å². The Morgan fingerprint density at radius 3 is 2.32 bits per heavy atom. The Labute approximate surface area is 130 Å². The maximum Gasteiger partial charge on any atom is 0.167 e. The number of ether oxygens (including phenoxy) is 1. The van der Waals surface area contributed by atoms with E-state index >= 15 is 0 Å². The quantitative estimate of drug-likeness (QED) is 0.657. The molecule has 3 aromatic rings. The van der Waals surface area contributed by atoms with E-state index in [2.05, 4.69) is 0 Å². The standard InChI is InChI=1S/C20H18O2/c1-14-3-5-15(6-4-14)11-20(21)18-8-7-17-13-19(22-2)10-9-16(17)12-18/h3-10,12-13H,11H2,1-2H3. The Balaban J connectivity index is 1.86. The van der Waals surface area contributed by atoms with Crippen molar-refractivity contribution in [3.8, 4) is 5.75 Å². The second-order valence-corrected chi connectivity index (χ2v) is 5.51. The van der Waals surface area contributed by atoms with Crippen LogP contribution in [0, 0.1) is 6.92 Å². The first kappa shape index (κ1) is 14.3. The minimum absolute atomic E-state index is 0.140. The van der Waals surface area contributed by atoms with Crippen LogP contribution in [0.15, 0.2) is 60.7 Å². The summed E-state index contributed by atoms with van der Waals surface area (Å²) in [5.74, 6) is 0.966. The fraction of sp³-hybridized carbons (Fsp3) is 0.150. The second-order valence-electron chi connectivity index (χ2n) is 5.51. The van der Waals surface area contributed by atoms with Crippen LogP contribution < -0.4 is 4.74 Å². The summed E-state index contributed by atoms with van der Waals surface area (Å²) in [6, 6.07) is 19.8. The number of carbonyl (C=O) groups is 1. The lowest BCUT2D eigenvalue weighted by atomic mass is 9.99. The van der Waals surface area contributed by atoms with E-state index in [-0.39, 0.29) is 5.78 Å². The topological polar surface area (TPSA) is 26.3 Å². The van der Waals surface area contributed by atoms with Gasteiger partial charge in [-0.3, -0.25) is 4.79 Å². The molecule has 0 atom stereocenters. The molecule has 0 aliphatic carbocycles. The molecule has 3 aromatic carbocycles. The van der Waals surface area contributed by atoms with Crippen molar-refractivity contribution < 1.29 is 9.53 Å². The van der Waals surface area contributed by atoms with E-state index in [4.69, 9.17) is 4.74 Å². The van der Waals surface area contributed by atoms with E-state index in [9.17, 15) is 4.79 Å². The zero-order valence-corrected chi connectivity index (χ0v) is 12.8. The van der Waals surface area contributed by atoms with E-state index in [1.807, 2.05) is 67.6 Å². The third-order valence-electron chi connectivity index (χ3n) is 3.85. The van der Waals surface area contributed by atoms with Crippen LogP contribution in [0.25, 0.3) is 10.8 Å². The summed E-state index contributed by atoms with van der Waals surface area (Å²) in [5, 5.41) is 2.13. The fourth-order valence-corrected chi connectivity index (χ4v) is 2.52. The molecular weight excluding hydrogens is 272 g/mol. The van der Waals surface area contributed by atoms with Crippen molar-refractivity contribution >= 4 is 16.6 Å². The number of hydrogen-bond donors (Lipinski definition) is 0. The van der Waals surface area contributed by atoms with E-state index in [1.54, 1.807) is 7.11 Å². The van der Waals surface area contributed by atoms with Gasteiger partial charge in [-0.05, 0) is 41.5 Å². The van der Waals surface area contributed by atoms with Crippen LogP contribution in [0.2, 0.25) is 0 Å². The SMILES string of the molecule is COc1ccc2cc(C(=O)Cc3ccc(C)cc3)ccc2c1. The first-order valence-corrected chi connectivity index (χ1v) is 7.32. The zero-order valence-electron chi connectivity index (χ0n) is 12.8. The molecule has 2 heteroatoms. The monoisotopic (exact) mass is 290 g/mol. The van der Waals surface area contributed by atoms with Crippen LogP contribution >= 0.6 is 0 Å². The minimum Gasteiger partial charge on any atom is -0.497 e. The smallest absolute Gasteiger partial charge is 0.167 e. The van der Waals surface area contributed by atoms with Crippen molar-refractivity contribution in [1.82, 2.24) is 0 Å². The summed E-state index contributed by atoms with van der Waals surface area (Å²) < 4.78 is 5.22. The lowest BCUT2D eigenvalue weighted by molar-refractivity contribution is 0.0993. The van der Waals surface area contributed by atoms with E-state index < -0.39 is 0 Å². The molecule has 2 nitrogen and oxygen atoms in total. The molecular formula is C20H18O2. The normalized spacial score (nSPS) is 10.6. The Kier molecular flexibility index (Phi) is 3.92. The van der Waals surface area contributed by atoms with E-state index in [0.29, 0.717) is 6.42 Å². The first-order chi connectivity index (χ1) is 10.7. The second kappa shape index (κ2) is 6.02. The Morgan fingerprint density at radius 2 is 1.59 bits per heavy atom. The summed E-state index contributed by atoms with van der Waals surface area (Å²) in [5.41, 5.74) is 3.00. The molecule has 0 heterocycles. The molecule has 0 saturated carbocycles. The van der Waals surface area contributed by atoms with Gasteiger partial charge in [0.1, 0.15) is 5.75 Å². The molecule has 0 saturated heterocycles. The molecule has 3 rings (SSSR count). The Hall–Kier alpha value is -2.61. The summed E-state index contributed by atoms with van der Waals surface area (Å²) in [7, 11) is 1.65. The zero-order chi connectivity index (χ0) is 15.5. The van der Waals surface area contributed by atoms with Crippen LogP contribution in [0.3, 0.4) is 0 Å². The van der Waals surface area contributed by atoms with Gasteiger partial charge in [0.05, 0.1) is 7.11 Å². The summed E-state index contributed by atoms with van der Waals surface area (Å²) in [4.78, 5) is 12.4. The van der Waals surface area contributed by atoms with Gasteiger partial charge < -0.3 is 4.74 Å². The predicted octanol–water partition coefficient (Wildman–Crippen LogP) is 4.58. The Morgan fingerprint density at radius 1 is 0.909 bits per heavy atom. The van der Waals surface area contributed by atoms with Gasteiger partial charge in [0.15, 0.2) is 5.78 Å². The van der Waals surface area contributed by atoms with Crippen LogP contribution in [0.1, 0.15) is 21.5 Å². The molecule has 0 N–H and O–H groups in total. The van der Waals surface area contributed by atoms with Gasteiger partial charge in [0.25, 0.3) is 0 Å². The number of rotatable bonds is 4. The van der Waals surface area contributed by atoms with Gasteiger partial charge in [-0.1, -0.05) is 48.0 Å². The van der Waals surface area contributed by atoms with Crippen molar-refractivity contribution in [1.29, 1.82) is 0 Å². The average molecular weight is 290 g/mol. The first-order valence-electron chi connectivity index (χ1n) is 7.32. The molecule has 0 aromatic heterocycles. The van der Waals surface area contributed by atoms with E-state index in [1.165, 1.54) is 5.56 Å². The third kappa shape index (κ3) is 3.01. The van der Waals surface area contributed by atoms with Crippen LogP contribution in [-0.2, 0) is 6.42 Å². The summed E-state index contributed by atoms with van der Waals surface area (Å²) >= 11 is 0. The van der Waals surface area contributed by atoms with Gasteiger partial charge in [0.2, 0.25) is 0 Å². The molecule has 0 aliphatic rings. The van der Waals surface area contributed by atoms with Crippen molar-refractivity contribution in [3.05, 3.63) is 77.4 Å². The number of Topliss-reactive ketones (excluding diaryl/α,β-unsaturated/α-hetero) is 1. The largest absolute Gasteiger partial charge is 0.497 e. The van der Waals surface area contributed by atoms with Crippen molar-refractivity contribution in [2.75, 3.05) is 7.11 Å². The van der Waals surface area contributed by atoms with Crippen LogP contribution in [0.5, 0.6) is 5.75 Å². The molecule has 0 unspecified atom stereocenters. The molecule has 0 amide bonds. The van der Waals surface area contributed by atoms with E-state index in [0.717, 1.165) is 27.6 Å². The molecule has 0 spiro atoms. The third-order valence-corrected chi connectivity index (χ3v) is 3.85. The van der Waals surface area contributed by atoms with Gasteiger partial charge in [-0.25, -0.2) is 0 Å². The number of fused-ring (bicyclic) bond motifs is 1. The minimum atomic E-state index is 0.140. The number of methoxy groups -OCH3 is 1. The van der Waals surface area contributed by atoms with Gasteiger partial charge >= 0.3 is 0 Å². The number of ketones is 1. The maximum atomic E-state index is 12.4. The highest BCUT2D eigenvalue weighted by Crippen LogP contribution is 2.22. The average Bonchev–Trinajstić information content (AvgIpc) is 2.56. The molecule has 0 fully saturated rings. The van der Waals surface area contributed by atoms with Crippen molar-refractivity contribution in [2.45, 2.75) is 13.3 Å². The predicted molar refractivity (Wildman–Crippen MR) is 89.7 cm³/mol. The summed E-state index contributed by atoms with van der Waals surface area (Å²) in [6.45, 7) is 2.04. The number of aryl methyl sites for hydroxylation is 1. The lowest BCUT2D eigenvalue weighted by Crippen LogP contribution is -2.03. The highest BCUT2D eigenvalue weighted by atomic mass is 16.5. The number of hydrogen-bond acceptors (Lipinski definition) is 2. The molecule has 0 aliphatic heterocycles. The Bertz CT molecular complexity index is 817. The van der Waals surface area contributed by atoms with Crippen molar-refractivity contribution in [3.63, 3.8) is 0 Å². The molecule has 110 valence electrons. The maximum absolute atomic E-state index is 12.4. The highest BCUT2D eigenvalue weighted by molar-refractivity contribution is 6.01. The van der Waals surface area contributed by atoms with Crippen LogP contribution in [0.4, 0.5) is 0 Å². The molecule has 0 bridgehead atoms. The number of carbonyl (C=O) groups excluding carboxylic acids is 1. The number of benzene rings is 3.